The van der Waals surface area contributed by atoms with Gasteiger partial charge in [-0.3, -0.25) is 9.59 Å². The maximum absolute atomic E-state index is 12.2. The Morgan fingerprint density at radius 3 is 2.68 bits per heavy atom. The zero-order valence-corrected chi connectivity index (χ0v) is 16.2. The Morgan fingerprint density at radius 2 is 2.08 bits per heavy atom. The molecule has 2 atom stereocenters. The van der Waals surface area contributed by atoms with Crippen LogP contribution >= 0.6 is 11.8 Å². The zero-order chi connectivity index (χ0) is 18.6. The first-order chi connectivity index (χ1) is 11.7. The van der Waals surface area contributed by atoms with Crippen LogP contribution in [0.25, 0.3) is 0 Å². The Balaban J connectivity index is 1.79. The first-order valence-corrected chi connectivity index (χ1v) is 10.9. The van der Waals surface area contributed by atoms with E-state index in [1.165, 1.54) is 18.7 Å². The van der Waals surface area contributed by atoms with Gasteiger partial charge in [-0.1, -0.05) is 17.7 Å². The van der Waals surface area contributed by atoms with E-state index >= 15 is 0 Å². The minimum atomic E-state index is -2.96. The van der Waals surface area contributed by atoms with Crippen LogP contribution < -0.4 is 5.32 Å². The number of hydrogen-bond acceptors (Lipinski definition) is 6. The molecule has 6 nitrogen and oxygen atoms in total. The van der Waals surface area contributed by atoms with Gasteiger partial charge in [-0.25, -0.2) is 8.42 Å². The second kappa shape index (κ2) is 8.23. The predicted octanol–water partition coefficient (Wildman–Crippen LogP) is 2.09. The molecular weight excluding hydrogens is 362 g/mol. The number of carbonyl (C=O) groups excluding carboxylic acids is 2. The molecule has 0 saturated carbocycles. The summed E-state index contributed by atoms with van der Waals surface area (Å²) in [5, 5.41) is 2.68. The molecule has 0 aliphatic carbocycles. The summed E-state index contributed by atoms with van der Waals surface area (Å²) < 4.78 is 27.9. The lowest BCUT2D eigenvalue weighted by molar-refractivity contribution is -0.150. The van der Waals surface area contributed by atoms with Gasteiger partial charge in [0, 0.05) is 10.9 Å². The third-order valence-corrected chi connectivity index (χ3v) is 7.20. The van der Waals surface area contributed by atoms with Crippen LogP contribution in [0, 0.1) is 13.8 Å². The van der Waals surface area contributed by atoms with Crippen molar-refractivity contribution in [3.05, 3.63) is 29.3 Å². The molecule has 25 heavy (non-hydrogen) atoms. The smallest absolute Gasteiger partial charge is 0.316 e. The van der Waals surface area contributed by atoms with Crippen molar-refractivity contribution < 1.29 is 22.7 Å². The maximum Gasteiger partial charge on any atom is 0.316 e. The number of sulfone groups is 1. The summed E-state index contributed by atoms with van der Waals surface area (Å²) >= 11 is 1.27. The summed E-state index contributed by atoms with van der Waals surface area (Å²) in [6, 6.07) is 5.66. The van der Waals surface area contributed by atoms with Crippen molar-refractivity contribution in [3.63, 3.8) is 0 Å². The molecule has 1 N–H and O–H groups in total. The summed E-state index contributed by atoms with van der Waals surface area (Å²) in [6.07, 6.45) is -0.357. The first-order valence-electron chi connectivity index (χ1n) is 8.06. The summed E-state index contributed by atoms with van der Waals surface area (Å²) in [5.74, 6) is -0.588. The van der Waals surface area contributed by atoms with Gasteiger partial charge in [0.15, 0.2) is 15.9 Å². The molecule has 1 amide bonds. The molecule has 1 aromatic carbocycles. The molecule has 8 heteroatoms. The molecule has 0 bridgehead atoms. The Bertz CT molecular complexity index is 760. The summed E-state index contributed by atoms with van der Waals surface area (Å²) in [5.41, 5.74) is 2.72. The van der Waals surface area contributed by atoms with Crippen molar-refractivity contribution in [3.8, 4) is 0 Å². The van der Waals surface area contributed by atoms with Crippen LogP contribution in [0.15, 0.2) is 18.2 Å². The number of aryl methyl sites for hydroxylation is 2. The second-order valence-corrected chi connectivity index (χ2v) is 9.79. The highest BCUT2D eigenvalue weighted by atomic mass is 32.2. The van der Waals surface area contributed by atoms with E-state index in [2.05, 4.69) is 5.32 Å². The monoisotopic (exact) mass is 385 g/mol. The van der Waals surface area contributed by atoms with Crippen LogP contribution in [0.2, 0.25) is 0 Å². The van der Waals surface area contributed by atoms with E-state index in [0.29, 0.717) is 12.1 Å². The number of hydrogen-bond donors (Lipinski definition) is 1. The number of nitrogens with one attached hydrogen (secondary N) is 1. The van der Waals surface area contributed by atoms with Crippen molar-refractivity contribution in [1.82, 2.24) is 0 Å². The second-order valence-electron chi connectivity index (χ2n) is 6.28. The average molecular weight is 386 g/mol. The molecule has 0 unspecified atom stereocenters. The molecule has 1 aliphatic heterocycles. The number of carbonyl (C=O) groups is 2. The van der Waals surface area contributed by atoms with E-state index < -0.39 is 27.8 Å². The summed E-state index contributed by atoms with van der Waals surface area (Å²) in [4.78, 5) is 24.0. The Hall–Kier alpha value is -1.54. The number of thioether (sulfide) groups is 1. The average Bonchev–Trinajstić information content (AvgIpc) is 2.87. The fraction of sp³-hybridized carbons (Fsp3) is 0.529. The third-order valence-electron chi connectivity index (χ3n) is 3.94. The SMILES string of the molecule is Cc1ccc(NC(=O)[C@H](C)OC(=O)CS[C@@H]2CCS(=O)(=O)C2)c(C)c1. The fourth-order valence-corrected chi connectivity index (χ4v) is 5.98. The standard InChI is InChI=1S/C17H23NO5S2/c1-11-4-5-15(12(2)8-11)18-17(20)13(3)23-16(19)9-24-14-6-7-25(21,22)10-14/h4-5,8,13-14H,6-7,9-10H2,1-3H3,(H,18,20)/t13-,14+/m0/s1. The molecule has 1 saturated heterocycles. The number of amides is 1. The Morgan fingerprint density at radius 1 is 1.36 bits per heavy atom. The van der Waals surface area contributed by atoms with Crippen molar-refractivity contribution in [2.24, 2.45) is 0 Å². The van der Waals surface area contributed by atoms with E-state index in [1.807, 2.05) is 32.0 Å². The van der Waals surface area contributed by atoms with Gasteiger partial charge < -0.3 is 10.1 Å². The van der Waals surface area contributed by atoms with Gasteiger partial charge in [-0.15, -0.1) is 11.8 Å². The van der Waals surface area contributed by atoms with Gasteiger partial charge in [0.05, 0.1) is 17.3 Å². The lowest BCUT2D eigenvalue weighted by Crippen LogP contribution is -2.31. The highest BCUT2D eigenvalue weighted by molar-refractivity contribution is 8.02. The van der Waals surface area contributed by atoms with Crippen LogP contribution in [-0.2, 0) is 24.2 Å². The van der Waals surface area contributed by atoms with Crippen LogP contribution in [0.5, 0.6) is 0 Å². The largest absolute Gasteiger partial charge is 0.452 e. The van der Waals surface area contributed by atoms with Crippen LogP contribution in [0.3, 0.4) is 0 Å². The Kier molecular flexibility index (Phi) is 6.51. The third kappa shape index (κ3) is 6.04. The molecule has 1 fully saturated rings. The Labute approximate surface area is 152 Å². The molecule has 1 heterocycles. The van der Waals surface area contributed by atoms with Gasteiger partial charge in [0.1, 0.15) is 0 Å². The van der Waals surface area contributed by atoms with Crippen molar-refractivity contribution in [1.29, 1.82) is 0 Å². The minimum absolute atomic E-state index is 0.0430. The summed E-state index contributed by atoms with van der Waals surface area (Å²) in [6.45, 7) is 5.38. The van der Waals surface area contributed by atoms with Gasteiger partial charge in [-0.05, 0) is 38.8 Å². The maximum atomic E-state index is 12.2. The van der Waals surface area contributed by atoms with E-state index in [0.717, 1.165) is 11.1 Å². The molecule has 1 aromatic rings. The van der Waals surface area contributed by atoms with Gasteiger partial charge in [0.25, 0.3) is 5.91 Å². The lowest BCUT2D eigenvalue weighted by atomic mass is 10.1. The molecule has 2 rings (SSSR count). The van der Waals surface area contributed by atoms with E-state index in [4.69, 9.17) is 4.74 Å². The van der Waals surface area contributed by atoms with Crippen LogP contribution in [0.4, 0.5) is 5.69 Å². The van der Waals surface area contributed by atoms with Crippen molar-refractivity contribution in [2.45, 2.75) is 38.5 Å². The highest BCUT2D eigenvalue weighted by Gasteiger charge is 2.29. The number of esters is 1. The van der Waals surface area contributed by atoms with Gasteiger partial charge in [0.2, 0.25) is 0 Å². The number of ether oxygens (including phenoxy) is 1. The van der Waals surface area contributed by atoms with E-state index in [-0.39, 0.29) is 22.5 Å². The first kappa shape index (κ1) is 19.8. The van der Waals surface area contributed by atoms with Gasteiger partial charge in [-0.2, -0.15) is 0 Å². The number of anilines is 1. The predicted molar refractivity (Wildman–Crippen MR) is 99.6 cm³/mol. The fourth-order valence-electron chi connectivity index (χ4n) is 2.55. The lowest BCUT2D eigenvalue weighted by Gasteiger charge is -2.15. The van der Waals surface area contributed by atoms with Gasteiger partial charge >= 0.3 is 5.97 Å². The zero-order valence-electron chi connectivity index (χ0n) is 14.6. The molecular formula is C17H23NO5S2. The van der Waals surface area contributed by atoms with Crippen LogP contribution in [0.1, 0.15) is 24.5 Å². The van der Waals surface area contributed by atoms with E-state index in [9.17, 15) is 18.0 Å². The molecule has 0 radical (unpaired) electrons. The molecule has 0 spiro atoms. The van der Waals surface area contributed by atoms with Crippen molar-refractivity contribution >= 4 is 39.2 Å². The minimum Gasteiger partial charge on any atom is -0.452 e. The van der Waals surface area contributed by atoms with Crippen molar-refractivity contribution in [2.75, 3.05) is 22.6 Å². The highest BCUT2D eigenvalue weighted by Crippen LogP contribution is 2.24. The van der Waals surface area contributed by atoms with E-state index in [1.54, 1.807) is 0 Å². The normalized spacial score (nSPS) is 20.0. The molecule has 0 aromatic heterocycles. The quantitative estimate of drug-likeness (QED) is 0.754. The molecule has 1 aliphatic rings. The number of benzene rings is 1. The topological polar surface area (TPSA) is 89.5 Å². The summed E-state index contributed by atoms with van der Waals surface area (Å²) in [7, 11) is -2.96. The number of rotatable bonds is 6. The molecule has 138 valence electrons. The van der Waals surface area contributed by atoms with Crippen LogP contribution in [-0.4, -0.2) is 48.9 Å².